The molecule has 0 N–H and O–H groups in total. The second kappa shape index (κ2) is 11.5. The van der Waals surface area contributed by atoms with E-state index >= 15 is 0 Å². The number of ketones is 1. The predicted molar refractivity (Wildman–Crippen MR) is 109 cm³/mol. The number of para-hydroxylation sites is 1. The first kappa shape index (κ1) is 21.0. The van der Waals surface area contributed by atoms with Crippen LogP contribution in [0.25, 0.3) is 0 Å². The van der Waals surface area contributed by atoms with Gasteiger partial charge in [0, 0.05) is 12.2 Å². The van der Waals surface area contributed by atoms with Gasteiger partial charge >= 0.3 is 0 Å². The third-order valence-corrected chi connectivity index (χ3v) is 4.27. The molecule has 0 saturated carbocycles. The maximum atomic E-state index is 11.7. The van der Waals surface area contributed by atoms with E-state index in [1.54, 1.807) is 6.92 Å². The normalized spacial score (nSPS) is 12.9. The lowest BCUT2D eigenvalue weighted by molar-refractivity contribution is -0.118. The van der Waals surface area contributed by atoms with Crippen LogP contribution < -0.4 is 4.90 Å². The molecule has 0 amide bonds. The standard InChI is InChI=1S/C14H19NO.C7H8.C2H6/c1-3-6-13(11(2)16)15-10-9-12-7-4-5-8-14(12)15;1-7-5-3-2-4-6-7;1-2/h4-5,7-8,13H,3,6,9-10H2,1-2H3;2-6H,1H3;1-2H3. The van der Waals surface area contributed by atoms with Crippen molar-refractivity contribution in [2.45, 2.75) is 59.9 Å². The summed E-state index contributed by atoms with van der Waals surface area (Å²) in [6.07, 6.45) is 3.09. The molecule has 1 unspecified atom stereocenters. The molecule has 25 heavy (non-hydrogen) atoms. The molecule has 0 saturated heterocycles. The Bertz CT molecular complexity index is 621. The first-order valence-electron chi connectivity index (χ1n) is 9.50. The van der Waals surface area contributed by atoms with Gasteiger partial charge in [-0.1, -0.05) is 81.3 Å². The number of carbonyl (C=O) groups is 1. The smallest absolute Gasteiger partial charge is 0.152 e. The van der Waals surface area contributed by atoms with Crippen molar-refractivity contribution in [3.63, 3.8) is 0 Å². The number of Topliss-reactive ketones (excluding diaryl/α,β-unsaturated/α-hetero) is 1. The van der Waals surface area contributed by atoms with Crippen LogP contribution in [0.3, 0.4) is 0 Å². The van der Waals surface area contributed by atoms with E-state index in [1.807, 2.05) is 32.0 Å². The summed E-state index contributed by atoms with van der Waals surface area (Å²) in [6, 6.07) is 18.8. The lowest BCUT2D eigenvalue weighted by Gasteiger charge is -2.28. The molecule has 0 bridgehead atoms. The number of benzene rings is 2. The predicted octanol–water partition coefficient (Wildman–Crippen LogP) is 5.83. The zero-order valence-electron chi connectivity index (χ0n) is 16.5. The zero-order valence-corrected chi connectivity index (χ0v) is 16.5. The number of hydrogen-bond donors (Lipinski definition) is 0. The maximum Gasteiger partial charge on any atom is 0.152 e. The van der Waals surface area contributed by atoms with E-state index in [0.29, 0.717) is 5.78 Å². The lowest BCUT2D eigenvalue weighted by Crippen LogP contribution is -2.39. The minimum atomic E-state index is 0.0775. The third-order valence-electron chi connectivity index (χ3n) is 4.27. The van der Waals surface area contributed by atoms with E-state index < -0.39 is 0 Å². The minimum absolute atomic E-state index is 0.0775. The summed E-state index contributed by atoms with van der Waals surface area (Å²) in [5.41, 5.74) is 3.96. The summed E-state index contributed by atoms with van der Waals surface area (Å²) in [7, 11) is 0. The molecule has 2 nitrogen and oxygen atoms in total. The Balaban J connectivity index is 0.000000290. The van der Waals surface area contributed by atoms with Gasteiger partial charge < -0.3 is 4.90 Å². The van der Waals surface area contributed by atoms with E-state index in [9.17, 15) is 4.79 Å². The second-order valence-electron chi connectivity index (χ2n) is 6.14. The topological polar surface area (TPSA) is 20.3 Å². The molecular formula is C23H33NO. The summed E-state index contributed by atoms with van der Waals surface area (Å²) in [5, 5.41) is 0. The molecule has 1 atom stereocenters. The Morgan fingerprint density at radius 3 is 2.16 bits per heavy atom. The van der Waals surface area contributed by atoms with Gasteiger partial charge in [-0.25, -0.2) is 0 Å². The highest BCUT2D eigenvalue weighted by atomic mass is 16.1. The van der Waals surface area contributed by atoms with Crippen molar-refractivity contribution in [2.24, 2.45) is 0 Å². The molecule has 2 heteroatoms. The van der Waals surface area contributed by atoms with E-state index in [4.69, 9.17) is 0 Å². The Hall–Kier alpha value is -2.09. The average molecular weight is 340 g/mol. The summed E-state index contributed by atoms with van der Waals surface area (Å²) in [6.45, 7) is 10.9. The van der Waals surface area contributed by atoms with Gasteiger partial charge in [0.05, 0.1) is 6.04 Å². The van der Waals surface area contributed by atoms with Gasteiger partial charge in [-0.05, 0) is 38.3 Å². The summed E-state index contributed by atoms with van der Waals surface area (Å²) in [4.78, 5) is 14.0. The van der Waals surface area contributed by atoms with E-state index in [0.717, 1.165) is 25.8 Å². The van der Waals surface area contributed by atoms with Crippen molar-refractivity contribution < 1.29 is 4.79 Å². The fraction of sp³-hybridized carbons (Fsp3) is 0.435. The fourth-order valence-electron chi connectivity index (χ4n) is 3.07. The highest BCUT2D eigenvalue weighted by Crippen LogP contribution is 2.30. The van der Waals surface area contributed by atoms with Crippen LogP contribution in [0.5, 0.6) is 0 Å². The molecule has 136 valence electrons. The van der Waals surface area contributed by atoms with Gasteiger partial charge in [0.25, 0.3) is 0 Å². The molecule has 2 aromatic carbocycles. The first-order valence-corrected chi connectivity index (χ1v) is 9.50. The highest BCUT2D eigenvalue weighted by molar-refractivity contribution is 5.85. The van der Waals surface area contributed by atoms with Crippen molar-refractivity contribution in [1.82, 2.24) is 0 Å². The van der Waals surface area contributed by atoms with E-state index in [1.165, 1.54) is 16.8 Å². The number of hydrogen-bond acceptors (Lipinski definition) is 2. The number of rotatable bonds is 4. The van der Waals surface area contributed by atoms with Gasteiger partial charge in [-0.2, -0.15) is 0 Å². The van der Waals surface area contributed by atoms with Gasteiger partial charge in [0.15, 0.2) is 5.78 Å². The van der Waals surface area contributed by atoms with Gasteiger partial charge in [0.1, 0.15) is 0 Å². The lowest BCUT2D eigenvalue weighted by atomic mass is 10.1. The van der Waals surface area contributed by atoms with Crippen LogP contribution in [0, 0.1) is 6.92 Å². The number of carbonyl (C=O) groups excluding carboxylic acids is 1. The zero-order chi connectivity index (χ0) is 18.7. The number of aryl methyl sites for hydroxylation is 1. The van der Waals surface area contributed by atoms with Crippen molar-refractivity contribution in [3.05, 3.63) is 65.7 Å². The summed E-state index contributed by atoms with van der Waals surface area (Å²) < 4.78 is 0. The average Bonchev–Trinajstić information content (AvgIpc) is 3.06. The Kier molecular flexibility index (Phi) is 9.61. The highest BCUT2D eigenvalue weighted by Gasteiger charge is 2.27. The first-order chi connectivity index (χ1) is 12.1. The number of anilines is 1. The van der Waals surface area contributed by atoms with Crippen LogP contribution in [0.15, 0.2) is 54.6 Å². The molecular weight excluding hydrogens is 306 g/mol. The monoisotopic (exact) mass is 339 g/mol. The molecule has 0 aromatic heterocycles. The summed E-state index contributed by atoms with van der Waals surface area (Å²) in [5.74, 6) is 0.290. The molecule has 3 rings (SSSR count). The Labute approximate surface area is 153 Å². The van der Waals surface area contributed by atoms with E-state index in [2.05, 4.69) is 55.1 Å². The van der Waals surface area contributed by atoms with Crippen molar-refractivity contribution in [1.29, 1.82) is 0 Å². The van der Waals surface area contributed by atoms with Gasteiger partial charge in [-0.3, -0.25) is 4.79 Å². The van der Waals surface area contributed by atoms with Crippen molar-refractivity contribution >= 4 is 11.5 Å². The second-order valence-corrected chi connectivity index (χ2v) is 6.14. The van der Waals surface area contributed by atoms with Crippen molar-refractivity contribution in [2.75, 3.05) is 11.4 Å². The molecule has 1 aliphatic rings. The molecule has 2 aromatic rings. The number of nitrogens with zero attached hydrogens (tertiary/aromatic N) is 1. The van der Waals surface area contributed by atoms with Crippen LogP contribution in [-0.4, -0.2) is 18.4 Å². The Morgan fingerprint density at radius 1 is 1.04 bits per heavy atom. The van der Waals surface area contributed by atoms with Gasteiger partial charge in [0.2, 0.25) is 0 Å². The molecule has 1 heterocycles. The van der Waals surface area contributed by atoms with Crippen LogP contribution in [0.4, 0.5) is 5.69 Å². The van der Waals surface area contributed by atoms with Crippen LogP contribution in [0.2, 0.25) is 0 Å². The van der Waals surface area contributed by atoms with Crippen LogP contribution in [0.1, 0.15) is 51.7 Å². The van der Waals surface area contributed by atoms with Gasteiger partial charge in [-0.15, -0.1) is 0 Å². The molecule has 0 aliphatic carbocycles. The quantitative estimate of drug-likeness (QED) is 0.698. The largest absolute Gasteiger partial charge is 0.361 e. The molecule has 0 fully saturated rings. The Morgan fingerprint density at radius 2 is 1.64 bits per heavy atom. The third kappa shape index (κ3) is 6.38. The molecule has 0 spiro atoms. The fourth-order valence-corrected chi connectivity index (χ4v) is 3.07. The SMILES string of the molecule is CC.CCCC(C(C)=O)N1CCc2ccccc21.Cc1ccccc1. The summed E-state index contributed by atoms with van der Waals surface area (Å²) >= 11 is 0. The van der Waals surface area contributed by atoms with E-state index in [-0.39, 0.29) is 6.04 Å². The van der Waals surface area contributed by atoms with Crippen LogP contribution >= 0.6 is 0 Å². The van der Waals surface area contributed by atoms with Crippen molar-refractivity contribution in [3.8, 4) is 0 Å². The number of fused-ring (bicyclic) bond motifs is 1. The maximum absolute atomic E-state index is 11.7. The minimum Gasteiger partial charge on any atom is -0.361 e. The molecule has 1 aliphatic heterocycles. The van der Waals surface area contributed by atoms with Crippen LogP contribution in [-0.2, 0) is 11.2 Å². The molecule has 0 radical (unpaired) electrons.